The fraction of sp³-hybridized carbons (Fsp3) is 0.333. The predicted molar refractivity (Wildman–Crippen MR) is 121 cm³/mol. The van der Waals surface area contributed by atoms with Crippen molar-refractivity contribution in [3.63, 3.8) is 0 Å². The lowest BCUT2D eigenvalue weighted by Gasteiger charge is -2.20. The van der Waals surface area contributed by atoms with Crippen LogP contribution in [-0.4, -0.2) is 12.5 Å². The van der Waals surface area contributed by atoms with Crippen LogP contribution in [0.3, 0.4) is 0 Å². The molecule has 1 aliphatic rings. The number of ether oxygens (including phenoxy) is 3. The Balaban J connectivity index is 1.47. The van der Waals surface area contributed by atoms with Crippen LogP contribution in [0.2, 0.25) is 0 Å². The fourth-order valence-electron chi connectivity index (χ4n) is 4.26. The number of alkyl halides is 5. The van der Waals surface area contributed by atoms with Crippen molar-refractivity contribution in [1.29, 1.82) is 0 Å². The van der Waals surface area contributed by atoms with E-state index in [0.29, 0.717) is 29.3 Å². The van der Waals surface area contributed by atoms with Crippen molar-refractivity contribution >= 4 is 0 Å². The normalized spacial score (nSPS) is 18.2. The second-order valence-electron chi connectivity index (χ2n) is 8.69. The zero-order chi connectivity index (χ0) is 26.8. The van der Waals surface area contributed by atoms with Crippen LogP contribution in [0.1, 0.15) is 49.8 Å². The molecule has 3 nitrogen and oxygen atoms in total. The van der Waals surface area contributed by atoms with Gasteiger partial charge in [0.2, 0.25) is 0 Å². The van der Waals surface area contributed by atoms with Gasteiger partial charge >= 0.3 is 12.5 Å². The molecule has 0 amide bonds. The van der Waals surface area contributed by atoms with Crippen molar-refractivity contribution in [3.05, 3.63) is 83.4 Å². The maximum absolute atomic E-state index is 14.7. The molecule has 1 heterocycles. The Kier molecular flexibility index (Phi) is 7.68. The molecule has 1 fully saturated rings. The van der Waals surface area contributed by atoms with Crippen LogP contribution in [0.15, 0.2) is 60.7 Å². The quantitative estimate of drug-likeness (QED) is 0.274. The van der Waals surface area contributed by atoms with Crippen molar-refractivity contribution in [3.8, 4) is 22.6 Å². The van der Waals surface area contributed by atoms with Gasteiger partial charge in [0.05, 0.1) is 17.8 Å². The zero-order valence-corrected chi connectivity index (χ0v) is 19.6. The Morgan fingerprint density at radius 1 is 0.811 bits per heavy atom. The van der Waals surface area contributed by atoms with E-state index in [1.807, 2.05) is 12.1 Å². The summed E-state index contributed by atoms with van der Waals surface area (Å²) in [7, 11) is 0. The SMILES string of the molecule is CCCC1CCC(c2ccc(-c3ccc(C(F)(F)Oc4ccc(OC(F)(F)F)c(F)c4)c(F)c3)cc2)O1. The van der Waals surface area contributed by atoms with Gasteiger partial charge in [0.15, 0.2) is 11.6 Å². The number of halogens is 7. The van der Waals surface area contributed by atoms with Crippen molar-refractivity contribution in [2.75, 3.05) is 0 Å². The summed E-state index contributed by atoms with van der Waals surface area (Å²) in [6.07, 6.45) is -5.24. The molecule has 1 aliphatic heterocycles. The minimum atomic E-state index is -5.17. The third-order valence-electron chi connectivity index (χ3n) is 5.99. The van der Waals surface area contributed by atoms with Crippen LogP contribution in [0.25, 0.3) is 11.1 Å². The molecule has 2 atom stereocenters. The highest BCUT2D eigenvalue weighted by molar-refractivity contribution is 5.64. The molecule has 2 unspecified atom stereocenters. The molecule has 1 saturated heterocycles. The van der Waals surface area contributed by atoms with Gasteiger partial charge in [-0.15, -0.1) is 13.2 Å². The van der Waals surface area contributed by atoms with Crippen LogP contribution in [-0.2, 0) is 10.8 Å². The molecule has 3 aromatic carbocycles. The topological polar surface area (TPSA) is 27.7 Å². The summed E-state index contributed by atoms with van der Waals surface area (Å²) in [6.45, 7) is 2.10. The third-order valence-corrected chi connectivity index (χ3v) is 5.99. The maximum atomic E-state index is 14.7. The highest BCUT2D eigenvalue weighted by atomic mass is 19.4. The molecule has 3 aromatic rings. The summed E-state index contributed by atoms with van der Waals surface area (Å²) in [5.74, 6) is -4.88. The number of hydrogen-bond acceptors (Lipinski definition) is 3. The van der Waals surface area contributed by atoms with Crippen LogP contribution < -0.4 is 9.47 Å². The second-order valence-corrected chi connectivity index (χ2v) is 8.69. The van der Waals surface area contributed by atoms with Gasteiger partial charge in [-0.25, -0.2) is 8.78 Å². The smallest absolute Gasteiger partial charge is 0.429 e. The van der Waals surface area contributed by atoms with E-state index in [2.05, 4.69) is 16.4 Å². The van der Waals surface area contributed by atoms with Crippen LogP contribution in [0.4, 0.5) is 30.7 Å². The van der Waals surface area contributed by atoms with Crippen molar-refractivity contribution in [2.45, 2.75) is 57.3 Å². The van der Waals surface area contributed by atoms with Gasteiger partial charge in [-0.3, -0.25) is 0 Å². The lowest BCUT2D eigenvalue weighted by molar-refractivity contribution is -0.275. The molecule has 0 saturated carbocycles. The van der Waals surface area contributed by atoms with Gasteiger partial charge in [0, 0.05) is 6.07 Å². The fourth-order valence-corrected chi connectivity index (χ4v) is 4.26. The van der Waals surface area contributed by atoms with Gasteiger partial charge in [-0.05, 0) is 60.2 Å². The summed E-state index contributed by atoms with van der Waals surface area (Å²) >= 11 is 0. The molecule has 4 rings (SSSR count). The number of benzene rings is 3. The standard InChI is InChI=1S/C27H23F7O3/c1-2-3-19-9-12-24(35-19)17-6-4-16(5-7-17)18-8-11-21(22(28)14-18)26(30,31)36-20-10-13-25(23(29)15-20)37-27(32,33)34/h4-8,10-11,13-15,19,24H,2-3,9,12H2,1H3. The Morgan fingerprint density at radius 2 is 1.51 bits per heavy atom. The van der Waals surface area contributed by atoms with Crippen molar-refractivity contribution in [2.24, 2.45) is 0 Å². The summed E-state index contributed by atoms with van der Waals surface area (Å²) in [5, 5.41) is 0. The highest BCUT2D eigenvalue weighted by Crippen LogP contribution is 2.38. The first-order valence-corrected chi connectivity index (χ1v) is 11.6. The van der Waals surface area contributed by atoms with Crippen LogP contribution in [0.5, 0.6) is 11.5 Å². The summed E-state index contributed by atoms with van der Waals surface area (Å²) in [6, 6.07) is 11.7. The van der Waals surface area contributed by atoms with E-state index in [4.69, 9.17) is 4.74 Å². The van der Waals surface area contributed by atoms with E-state index in [9.17, 15) is 30.7 Å². The number of rotatable bonds is 8. The molecular formula is C27H23F7O3. The monoisotopic (exact) mass is 528 g/mol. The Bertz CT molecular complexity index is 1230. The van der Waals surface area contributed by atoms with E-state index < -0.39 is 41.2 Å². The minimum Gasteiger partial charge on any atom is -0.429 e. The largest absolute Gasteiger partial charge is 0.573 e. The van der Waals surface area contributed by atoms with E-state index in [0.717, 1.165) is 43.4 Å². The average Bonchev–Trinajstić information content (AvgIpc) is 3.29. The molecule has 0 radical (unpaired) electrons. The lowest BCUT2D eigenvalue weighted by Crippen LogP contribution is -2.23. The molecule has 10 heteroatoms. The van der Waals surface area contributed by atoms with Crippen LogP contribution >= 0.6 is 0 Å². The minimum absolute atomic E-state index is 0.0144. The second kappa shape index (κ2) is 10.6. The van der Waals surface area contributed by atoms with Crippen molar-refractivity contribution in [1.82, 2.24) is 0 Å². The molecule has 198 valence electrons. The van der Waals surface area contributed by atoms with Crippen molar-refractivity contribution < 1.29 is 44.9 Å². The molecule has 37 heavy (non-hydrogen) atoms. The van der Waals surface area contributed by atoms with E-state index in [1.165, 1.54) is 6.07 Å². The molecule has 0 N–H and O–H groups in total. The Labute approximate surface area is 208 Å². The summed E-state index contributed by atoms with van der Waals surface area (Å²) in [5.41, 5.74) is 0.812. The average molecular weight is 528 g/mol. The first-order valence-electron chi connectivity index (χ1n) is 11.6. The first-order chi connectivity index (χ1) is 17.4. The summed E-state index contributed by atoms with van der Waals surface area (Å²) < 4.78 is 108. The Morgan fingerprint density at radius 3 is 2.14 bits per heavy atom. The van der Waals surface area contributed by atoms with Gasteiger partial charge in [0.25, 0.3) is 0 Å². The van der Waals surface area contributed by atoms with Gasteiger partial charge < -0.3 is 14.2 Å². The molecule has 0 bridgehead atoms. The first kappa shape index (κ1) is 26.8. The van der Waals surface area contributed by atoms with Gasteiger partial charge in [0.1, 0.15) is 11.6 Å². The van der Waals surface area contributed by atoms with E-state index in [1.54, 1.807) is 12.1 Å². The number of hydrogen-bond donors (Lipinski definition) is 0. The maximum Gasteiger partial charge on any atom is 0.573 e. The van der Waals surface area contributed by atoms with Gasteiger partial charge in [-0.2, -0.15) is 8.78 Å². The lowest BCUT2D eigenvalue weighted by atomic mass is 9.99. The van der Waals surface area contributed by atoms with E-state index >= 15 is 0 Å². The molecule has 0 aromatic heterocycles. The summed E-state index contributed by atoms with van der Waals surface area (Å²) in [4.78, 5) is 0. The molecule has 0 aliphatic carbocycles. The van der Waals surface area contributed by atoms with E-state index in [-0.39, 0.29) is 12.2 Å². The molecular weight excluding hydrogens is 505 g/mol. The third kappa shape index (κ3) is 6.54. The molecule has 0 spiro atoms. The predicted octanol–water partition coefficient (Wildman–Crippen LogP) is 8.68. The Hall–Kier alpha value is -3.27. The van der Waals surface area contributed by atoms with Gasteiger partial charge in [-0.1, -0.05) is 43.7 Å². The zero-order valence-electron chi connectivity index (χ0n) is 19.6. The highest BCUT2D eigenvalue weighted by Gasteiger charge is 2.38. The van der Waals surface area contributed by atoms with Crippen LogP contribution in [0, 0.1) is 11.6 Å².